The van der Waals surface area contributed by atoms with Crippen LogP contribution >= 0.6 is 0 Å². The molecule has 6 heteroatoms. The van der Waals surface area contributed by atoms with Gasteiger partial charge in [-0.05, 0) is 36.8 Å². The third kappa shape index (κ3) is 5.37. The molecule has 3 heterocycles. The van der Waals surface area contributed by atoms with E-state index in [0.717, 1.165) is 65.2 Å². The molecule has 2 aliphatic heterocycles. The number of nitrogens with zero attached hydrogens (tertiary/aromatic N) is 3. The molecule has 2 aromatic rings. The van der Waals surface area contributed by atoms with Crippen LogP contribution in [0.2, 0.25) is 0 Å². The van der Waals surface area contributed by atoms with Crippen LogP contribution in [0.1, 0.15) is 28.8 Å². The molecule has 160 valence electrons. The van der Waals surface area contributed by atoms with Crippen molar-refractivity contribution in [2.45, 2.75) is 25.8 Å². The van der Waals surface area contributed by atoms with Gasteiger partial charge in [0.2, 0.25) is 0 Å². The van der Waals surface area contributed by atoms with Gasteiger partial charge >= 0.3 is 0 Å². The second-order valence-electron chi connectivity index (χ2n) is 8.33. The van der Waals surface area contributed by atoms with Gasteiger partial charge in [-0.3, -0.25) is 14.5 Å². The first-order chi connectivity index (χ1) is 14.7. The van der Waals surface area contributed by atoms with Crippen molar-refractivity contribution in [3.8, 4) is 0 Å². The predicted molar refractivity (Wildman–Crippen MR) is 117 cm³/mol. The van der Waals surface area contributed by atoms with Crippen molar-refractivity contribution < 1.29 is 9.53 Å². The Hall–Kier alpha value is -2.44. The lowest BCUT2D eigenvalue weighted by Crippen LogP contribution is -2.40. The summed E-state index contributed by atoms with van der Waals surface area (Å²) in [7, 11) is 0. The summed E-state index contributed by atoms with van der Waals surface area (Å²) in [5.41, 5.74) is 1.93. The summed E-state index contributed by atoms with van der Waals surface area (Å²) >= 11 is 0. The molecule has 0 N–H and O–H groups in total. The lowest BCUT2D eigenvalue weighted by atomic mass is 9.90. The number of amides is 1. The van der Waals surface area contributed by atoms with E-state index in [1.807, 2.05) is 11.0 Å². The molecule has 0 radical (unpaired) electrons. The van der Waals surface area contributed by atoms with Crippen LogP contribution in [-0.2, 0) is 17.7 Å². The van der Waals surface area contributed by atoms with Gasteiger partial charge in [0.05, 0.1) is 18.8 Å². The molecule has 1 aromatic heterocycles. The summed E-state index contributed by atoms with van der Waals surface area (Å²) in [5.74, 6) is 0.659. The van der Waals surface area contributed by atoms with E-state index in [4.69, 9.17) is 4.74 Å². The van der Waals surface area contributed by atoms with Gasteiger partial charge < -0.3 is 14.2 Å². The van der Waals surface area contributed by atoms with E-state index in [0.29, 0.717) is 18.0 Å². The first-order valence-electron chi connectivity index (χ1n) is 11.0. The van der Waals surface area contributed by atoms with Crippen LogP contribution in [0.5, 0.6) is 0 Å². The SMILES string of the molecule is O=C(c1ccc(=O)n(CCN2CCOCC2)c1)N1CCC(Cc2ccccc2)CC1. The van der Waals surface area contributed by atoms with Crippen LogP contribution in [0.15, 0.2) is 53.5 Å². The van der Waals surface area contributed by atoms with Crippen LogP contribution in [-0.4, -0.2) is 66.2 Å². The van der Waals surface area contributed by atoms with Gasteiger partial charge in [0, 0.05) is 51.5 Å². The smallest absolute Gasteiger partial charge is 0.255 e. The van der Waals surface area contributed by atoms with E-state index in [2.05, 4.69) is 29.2 Å². The number of rotatable bonds is 6. The van der Waals surface area contributed by atoms with Crippen molar-refractivity contribution in [2.75, 3.05) is 45.9 Å². The normalized spacial score (nSPS) is 18.5. The summed E-state index contributed by atoms with van der Waals surface area (Å²) in [4.78, 5) is 29.5. The Morgan fingerprint density at radius 1 is 0.933 bits per heavy atom. The standard InChI is InChI=1S/C24H31N3O3/c28-23-7-6-22(19-27(23)13-12-25-14-16-30-17-15-25)24(29)26-10-8-21(9-11-26)18-20-4-2-1-3-5-20/h1-7,19,21H,8-18H2. The molecule has 0 unspecified atom stereocenters. The Balaban J connectivity index is 1.32. The minimum Gasteiger partial charge on any atom is -0.379 e. The molecule has 4 rings (SSSR count). The van der Waals surface area contributed by atoms with Crippen LogP contribution in [0, 0.1) is 5.92 Å². The Labute approximate surface area is 178 Å². The minimum absolute atomic E-state index is 0.0354. The number of ether oxygens (including phenoxy) is 1. The highest BCUT2D eigenvalue weighted by Gasteiger charge is 2.24. The second-order valence-corrected chi connectivity index (χ2v) is 8.33. The first-order valence-corrected chi connectivity index (χ1v) is 11.0. The van der Waals surface area contributed by atoms with Gasteiger partial charge in [-0.25, -0.2) is 0 Å². The summed E-state index contributed by atoms with van der Waals surface area (Å²) in [5, 5.41) is 0. The molecule has 2 fully saturated rings. The van der Waals surface area contributed by atoms with Gasteiger partial charge in [-0.1, -0.05) is 30.3 Å². The number of carbonyl (C=O) groups excluding carboxylic acids is 1. The van der Waals surface area contributed by atoms with Crippen molar-refractivity contribution in [3.63, 3.8) is 0 Å². The number of pyridine rings is 1. The van der Waals surface area contributed by atoms with Gasteiger partial charge in [0.15, 0.2) is 0 Å². The van der Waals surface area contributed by atoms with Gasteiger partial charge in [-0.15, -0.1) is 0 Å². The number of morpholine rings is 1. The molecule has 2 saturated heterocycles. The van der Waals surface area contributed by atoms with Crippen LogP contribution in [0.25, 0.3) is 0 Å². The Morgan fingerprint density at radius 2 is 1.67 bits per heavy atom. The number of carbonyl (C=O) groups is 1. The Kier molecular flexibility index (Phi) is 6.97. The maximum atomic E-state index is 13.0. The zero-order chi connectivity index (χ0) is 20.8. The minimum atomic E-state index is -0.0543. The molecule has 1 aromatic carbocycles. The van der Waals surface area contributed by atoms with Crippen molar-refractivity contribution in [1.82, 2.24) is 14.4 Å². The summed E-state index contributed by atoms with van der Waals surface area (Å²) < 4.78 is 7.05. The summed E-state index contributed by atoms with van der Waals surface area (Å²) in [6, 6.07) is 13.8. The molecule has 30 heavy (non-hydrogen) atoms. The summed E-state index contributed by atoms with van der Waals surface area (Å²) in [6.45, 7) is 6.23. The highest BCUT2D eigenvalue weighted by Crippen LogP contribution is 2.22. The van der Waals surface area contributed by atoms with Crippen molar-refractivity contribution >= 4 is 5.91 Å². The number of likely N-dealkylation sites (tertiary alicyclic amines) is 1. The molecular weight excluding hydrogens is 378 g/mol. The maximum absolute atomic E-state index is 13.0. The zero-order valence-electron chi connectivity index (χ0n) is 17.5. The zero-order valence-corrected chi connectivity index (χ0v) is 17.5. The van der Waals surface area contributed by atoms with Crippen molar-refractivity contribution in [1.29, 1.82) is 0 Å². The average Bonchev–Trinajstić information content (AvgIpc) is 2.80. The van der Waals surface area contributed by atoms with Gasteiger partial charge in [-0.2, -0.15) is 0 Å². The lowest BCUT2D eigenvalue weighted by molar-refractivity contribution is 0.0362. The molecular formula is C24H31N3O3. The molecule has 0 bridgehead atoms. The van der Waals surface area contributed by atoms with Gasteiger partial charge in [0.25, 0.3) is 11.5 Å². The topological polar surface area (TPSA) is 54.8 Å². The van der Waals surface area contributed by atoms with E-state index < -0.39 is 0 Å². The van der Waals surface area contributed by atoms with E-state index in [-0.39, 0.29) is 11.5 Å². The van der Waals surface area contributed by atoms with E-state index in [9.17, 15) is 9.59 Å². The molecule has 0 saturated carbocycles. The largest absolute Gasteiger partial charge is 0.379 e. The Bertz CT molecular complexity index is 882. The van der Waals surface area contributed by atoms with Crippen LogP contribution in [0.4, 0.5) is 0 Å². The number of hydrogen-bond donors (Lipinski definition) is 0. The lowest BCUT2D eigenvalue weighted by Gasteiger charge is -2.32. The predicted octanol–water partition coefficient (Wildman–Crippen LogP) is 2.28. The molecule has 0 aliphatic carbocycles. The first kappa shape index (κ1) is 20.8. The number of piperidine rings is 1. The number of benzene rings is 1. The van der Waals surface area contributed by atoms with Gasteiger partial charge in [0.1, 0.15) is 0 Å². The molecule has 6 nitrogen and oxygen atoms in total. The highest BCUT2D eigenvalue weighted by atomic mass is 16.5. The fraction of sp³-hybridized carbons (Fsp3) is 0.500. The van der Waals surface area contributed by atoms with E-state index in [1.54, 1.807) is 16.8 Å². The van der Waals surface area contributed by atoms with E-state index in [1.165, 1.54) is 11.6 Å². The monoisotopic (exact) mass is 409 g/mol. The average molecular weight is 410 g/mol. The van der Waals surface area contributed by atoms with Crippen molar-refractivity contribution in [3.05, 3.63) is 70.1 Å². The second kappa shape index (κ2) is 10.0. The fourth-order valence-electron chi connectivity index (χ4n) is 4.38. The molecule has 0 atom stereocenters. The Morgan fingerprint density at radius 3 is 2.40 bits per heavy atom. The molecule has 0 spiro atoms. The van der Waals surface area contributed by atoms with Crippen molar-refractivity contribution in [2.24, 2.45) is 5.92 Å². The van der Waals surface area contributed by atoms with E-state index >= 15 is 0 Å². The third-order valence-corrected chi connectivity index (χ3v) is 6.26. The van der Waals surface area contributed by atoms with Crippen LogP contribution in [0.3, 0.4) is 0 Å². The maximum Gasteiger partial charge on any atom is 0.255 e. The highest BCUT2D eigenvalue weighted by molar-refractivity contribution is 5.93. The number of aromatic nitrogens is 1. The fourth-order valence-corrected chi connectivity index (χ4v) is 4.38. The number of hydrogen-bond acceptors (Lipinski definition) is 4. The third-order valence-electron chi connectivity index (χ3n) is 6.26. The molecule has 1 amide bonds. The summed E-state index contributed by atoms with van der Waals surface area (Å²) in [6.07, 6.45) is 4.87. The molecule has 2 aliphatic rings. The van der Waals surface area contributed by atoms with Crippen LogP contribution < -0.4 is 5.56 Å². The quantitative estimate of drug-likeness (QED) is 0.735.